The van der Waals surface area contributed by atoms with Crippen molar-refractivity contribution < 1.29 is 14.7 Å². The van der Waals surface area contributed by atoms with Gasteiger partial charge in [0.1, 0.15) is 0 Å². The Hall–Kier alpha value is -0.770. The highest BCUT2D eigenvalue weighted by atomic mass is 79.9. The van der Waals surface area contributed by atoms with E-state index >= 15 is 0 Å². The third kappa shape index (κ3) is 4.21. The Morgan fingerprint density at radius 1 is 1.15 bits per heavy atom. The van der Waals surface area contributed by atoms with Crippen LogP contribution in [0.4, 0.5) is 5.69 Å². The summed E-state index contributed by atoms with van der Waals surface area (Å²) < 4.78 is 0.966. The average molecular weight is 549 g/mol. The van der Waals surface area contributed by atoms with Gasteiger partial charge in [-0.15, -0.1) is 5.59 Å². The summed E-state index contributed by atoms with van der Waals surface area (Å²) in [4.78, 5) is 17.4. The van der Waals surface area contributed by atoms with Crippen LogP contribution in [0.3, 0.4) is 0 Å². The van der Waals surface area contributed by atoms with E-state index in [1.54, 1.807) is 5.01 Å². The van der Waals surface area contributed by atoms with Gasteiger partial charge in [-0.2, -0.15) is 0 Å². The van der Waals surface area contributed by atoms with E-state index in [0.29, 0.717) is 0 Å². The Bertz CT molecular complexity index is 770. The van der Waals surface area contributed by atoms with Crippen LogP contribution in [0, 0.1) is 6.92 Å². The number of hydrogen-bond donors (Lipinski definition) is 2. The number of aliphatic hydroxyl groups excluding tert-OH is 1. The lowest BCUT2D eigenvalue weighted by molar-refractivity contribution is -0.133. The van der Waals surface area contributed by atoms with Gasteiger partial charge < -0.3 is 5.11 Å². The Morgan fingerprint density at radius 2 is 1.77 bits per heavy atom. The molecular weight excluding hydrogens is 532 g/mol. The summed E-state index contributed by atoms with van der Waals surface area (Å²) in [6, 6.07) is 14.4. The monoisotopic (exact) mass is 546 g/mol. The number of carbonyl (C=O) groups excluding carboxylic acids is 1. The van der Waals surface area contributed by atoms with Gasteiger partial charge in [-0.05, 0) is 36.8 Å². The highest BCUT2D eigenvalue weighted by Gasteiger charge is 2.44. The van der Waals surface area contributed by atoms with Gasteiger partial charge in [0.25, 0.3) is 0 Å². The number of nitrogens with one attached hydrogen (secondary N) is 1. The topological polar surface area (TPSA) is 61.8 Å². The zero-order chi connectivity index (χ0) is 18.8. The van der Waals surface area contributed by atoms with Crippen molar-refractivity contribution >= 4 is 59.3 Å². The lowest BCUT2D eigenvalue weighted by Crippen LogP contribution is -2.48. The summed E-state index contributed by atoms with van der Waals surface area (Å²) in [5, 5.41) is 11.7. The molecule has 0 bridgehead atoms. The third-order valence-corrected chi connectivity index (χ3v) is 7.42. The molecule has 8 heteroatoms. The average Bonchev–Trinajstić information content (AvgIpc) is 3.02. The van der Waals surface area contributed by atoms with Crippen LogP contribution in [-0.4, -0.2) is 28.0 Å². The summed E-state index contributed by atoms with van der Waals surface area (Å²) in [5.74, 6) is -0.201. The van der Waals surface area contributed by atoms with E-state index in [9.17, 15) is 9.90 Å². The highest BCUT2D eigenvalue weighted by Crippen LogP contribution is 2.35. The zero-order valence-electron chi connectivity index (χ0n) is 13.8. The third-order valence-electron chi connectivity index (χ3n) is 4.14. The molecule has 0 amide bonds. The lowest BCUT2D eigenvalue weighted by Gasteiger charge is -2.27. The molecule has 1 aliphatic rings. The van der Waals surface area contributed by atoms with Crippen molar-refractivity contribution in [1.82, 2.24) is 5.59 Å². The van der Waals surface area contributed by atoms with Gasteiger partial charge in [-0.25, -0.2) is 4.84 Å². The van der Waals surface area contributed by atoms with Crippen molar-refractivity contribution in [2.75, 3.05) is 5.01 Å². The van der Waals surface area contributed by atoms with E-state index in [2.05, 4.69) is 53.4 Å². The molecule has 1 saturated heterocycles. The van der Waals surface area contributed by atoms with Crippen LogP contribution >= 0.6 is 47.8 Å². The normalized spacial score (nSPS) is 22.3. The van der Waals surface area contributed by atoms with Crippen molar-refractivity contribution in [3.05, 3.63) is 64.1 Å². The van der Waals surface area contributed by atoms with Gasteiger partial charge in [-0.3, -0.25) is 9.80 Å². The Labute approximate surface area is 177 Å². The number of rotatable bonds is 5. The standard InChI is InChI=1S/C18H17Br3N2O3/c1-10-2-8-13(9-3-10)23-16(18(25)26-22-23)17(24)15(21)14(20)11-4-6-12(19)7-5-11/h2-9,14-16,18,22,25H,1H3. The van der Waals surface area contributed by atoms with Gasteiger partial charge in [0, 0.05) is 4.47 Å². The summed E-state index contributed by atoms with van der Waals surface area (Å²) in [7, 11) is 0. The first-order chi connectivity index (χ1) is 12.4. The maximum absolute atomic E-state index is 13.1. The number of ketones is 1. The van der Waals surface area contributed by atoms with Crippen LogP contribution in [0.2, 0.25) is 0 Å². The highest BCUT2D eigenvalue weighted by molar-refractivity contribution is 9.12. The SMILES string of the molecule is Cc1ccc(N2NOC(O)C2C(=O)C(Br)C(Br)c2ccc(Br)cc2)cc1. The largest absolute Gasteiger partial charge is 0.364 e. The Kier molecular flexibility index (Phi) is 6.53. The quantitative estimate of drug-likeness (QED) is 0.549. The molecule has 0 radical (unpaired) electrons. The van der Waals surface area contributed by atoms with Crippen molar-refractivity contribution in [2.45, 2.75) is 28.9 Å². The number of hydrazine groups is 1. The molecule has 1 heterocycles. The smallest absolute Gasteiger partial charge is 0.206 e. The Balaban J connectivity index is 1.81. The van der Waals surface area contributed by atoms with Gasteiger partial charge in [0.15, 0.2) is 11.8 Å². The molecule has 2 aromatic rings. The lowest BCUT2D eigenvalue weighted by atomic mass is 10.0. The maximum Gasteiger partial charge on any atom is 0.206 e. The molecule has 5 nitrogen and oxygen atoms in total. The summed E-state index contributed by atoms with van der Waals surface area (Å²) in [5.41, 5.74) is 5.42. The molecule has 2 aromatic carbocycles. The van der Waals surface area contributed by atoms with Crippen molar-refractivity contribution in [1.29, 1.82) is 0 Å². The number of hydrogen-bond acceptors (Lipinski definition) is 5. The summed E-state index contributed by atoms with van der Waals surface area (Å²) in [6.07, 6.45) is -1.27. The van der Waals surface area contributed by atoms with Gasteiger partial charge in [0.05, 0.1) is 15.3 Å². The van der Waals surface area contributed by atoms with Crippen LogP contribution < -0.4 is 10.6 Å². The van der Waals surface area contributed by atoms with E-state index in [-0.39, 0.29) is 10.6 Å². The van der Waals surface area contributed by atoms with E-state index in [4.69, 9.17) is 4.84 Å². The molecule has 2 N–H and O–H groups in total. The zero-order valence-corrected chi connectivity index (χ0v) is 18.5. The minimum absolute atomic E-state index is 0.201. The number of aryl methyl sites for hydroxylation is 1. The van der Waals surface area contributed by atoms with Gasteiger partial charge in [-0.1, -0.05) is 77.6 Å². The van der Waals surface area contributed by atoms with E-state index in [0.717, 1.165) is 21.3 Å². The fourth-order valence-corrected chi connectivity index (χ4v) is 4.08. The van der Waals surface area contributed by atoms with Crippen LogP contribution in [0.25, 0.3) is 0 Å². The molecule has 0 aromatic heterocycles. The molecule has 4 unspecified atom stereocenters. The van der Waals surface area contributed by atoms with Crippen molar-refractivity contribution in [3.8, 4) is 0 Å². The van der Waals surface area contributed by atoms with Crippen LogP contribution in [0.5, 0.6) is 0 Å². The second-order valence-electron chi connectivity index (χ2n) is 6.01. The minimum Gasteiger partial charge on any atom is -0.364 e. The van der Waals surface area contributed by atoms with E-state index in [1.807, 2.05) is 55.5 Å². The minimum atomic E-state index is -1.27. The molecule has 0 aliphatic carbocycles. The molecule has 3 rings (SSSR count). The molecule has 26 heavy (non-hydrogen) atoms. The predicted molar refractivity (Wildman–Crippen MR) is 111 cm³/mol. The number of anilines is 1. The first-order valence-electron chi connectivity index (χ1n) is 7.91. The van der Waals surface area contributed by atoms with Crippen LogP contribution in [0.15, 0.2) is 53.0 Å². The molecule has 4 atom stereocenters. The number of aliphatic hydroxyl groups is 1. The number of carbonyl (C=O) groups is 1. The first kappa shape index (κ1) is 20.0. The molecule has 1 aliphatic heterocycles. The molecule has 0 spiro atoms. The number of halogens is 3. The van der Waals surface area contributed by atoms with E-state index < -0.39 is 17.2 Å². The van der Waals surface area contributed by atoms with Gasteiger partial charge in [0.2, 0.25) is 6.29 Å². The fourth-order valence-electron chi connectivity index (χ4n) is 2.67. The maximum atomic E-state index is 13.1. The fraction of sp³-hybridized carbons (Fsp3) is 0.278. The van der Waals surface area contributed by atoms with Crippen LogP contribution in [0.1, 0.15) is 16.0 Å². The summed E-state index contributed by atoms with van der Waals surface area (Å²) in [6.45, 7) is 1.98. The summed E-state index contributed by atoms with van der Waals surface area (Å²) >= 11 is 10.5. The van der Waals surface area contributed by atoms with Gasteiger partial charge >= 0.3 is 0 Å². The van der Waals surface area contributed by atoms with Crippen molar-refractivity contribution in [3.63, 3.8) is 0 Å². The first-order valence-corrected chi connectivity index (χ1v) is 10.5. The second kappa shape index (κ2) is 8.50. The molecule has 138 valence electrons. The molecular formula is C18H17Br3N2O3. The molecule has 0 saturated carbocycles. The molecule has 1 fully saturated rings. The number of Topliss-reactive ketones (excluding diaryl/α,β-unsaturated/α-hetero) is 1. The van der Waals surface area contributed by atoms with Crippen molar-refractivity contribution in [2.24, 2.45) is 0 Å². The number of nitrogens with zero attached hydrogens (tertiary/aromatic N) is 1. The Morgan fingerprint density at radius 3 is 2.38 bits per heavy atom. The second-order valence-corrected chi connectivity index (χ2v) is 8.90. The van der Waals surface area contributed by atoms with Crippen LogP contribution in [-0.2, 0) is 9.63 Å². The van der Waals surface area contributed by atoms with E-state index in [1.165, 1.54) is 0 Å². The predicted octanol–water partition coefficient (Wildman–Crippen LogP) is 4.17. The number of benzene rings is 2. The number of alkyl halides is 2.